The number of rotatable bonds is 3. The van der Waals surface area contributed by atoms with Crippen molar-refractivity contribution in [2.75, 3.05) is 5.32 Å². The van der Waals surface area contributed by atoms with Gasteiger partial charge >= 0.3 is 0 Å². The van der Waals surface area contributed by atoms with Crippen LogP contribution >= 0.6 is 11.3 Å². The van der Waals surface area contributed by atoms with Crippen LogP contribution in [0.4, 0.5) is 5.69 Å². The van der Waals surface area contributed by atoms with Crippen molar-refractivity contribution in [3.63, 3.8) is 0 Å². The van der Waals surface area contributed by atoms with E-state index in [9.17, 15) is 4.79 Å². The number of anilines is 1. The van der Waals surface area contributed by atoms with Gasteiger partial charge in [-0.3, -0.25) is 9.78 Å². The van der Waals surface area contributed by atoms with Gasteiger partial charge in [-0.1, -0.05) is 18.2 Å². The zero-order valence-electron chi connectivity index (χ0n) is 10.6. The van der Waals surface area contributed by atoms with Crippen LogP contribution in [0.15, 0.2) is 66.3 Å². The number of aromatic nitrogens is 1. The van der Waals surface area contributed by atoms with Gasteiger partial charge in [0.15, 0.2) is 0 Å². The molecule has 20 heavy (non-hydrogen) atoms. The minimum absolute atomic E-state index is 0.129. The minimum Gasteiger partial charge on any atom is -0.321 e. The van der Waals surface area contributed by atoms with Gasteiger partial charge in [0.25, 0.3) is 5.91 Å². The number of carbonyl (C=O) groups is 1. The second kappa shape index (κ2) is 5.67. The first-order chi connectivity index (χ1) is 9.83. The van der Waals surface area contributed by atoms with Gasteiger partial charge in [-0.2, -0.15) is 0 Å². The number of hydrogen-bond acceptors (Lipinski definition) is 3. The number of thiophene rings is 1. The lowest BCUT2D eigenvalue weighted by Crippen LogP contribution is -2.11. The topological polar surface area (TPSA) is 42.0 Å². The molecule has 98 valence electrons. The Morgan fingerprint density at radius 2 is 1.90 bits per heavy atom. The summed E-state index contributed by atoms with van der Waals surface area (Å²) in [5.41, 5.74) is 2.45. The van der Waals surface area contributed by atoms with Crippen molar-refractivity contribution in [2.45, 2.75) is 0 Å². The maximum Gasteiger partial charge on any atom is 0.255 e. The number of nitrogens with one attached hydrogen (secondary N) is 1. The first kappa shape index (κ1) is 12.6. The normalized spacial score (nSPS) is 10.2. The van der Waals surface area contributed by atoms with Gasteiger partial charge in [0.1, 0.15) is 0 Å². The highest BCUT2D eigenvalue weighted by Crippen LogP contribution is 2.24. The fraction of sp³-hybridized carbons (Fsp3) is 0. The zero-order chi connectivity index (χ0) is 13.8. The Morgan fingerprint density at radius 3 is 2.55 bits per heavy atom. The molecule has 0 saturated heterocycles. The van der Waals surface area contributed by atoms with Crippen LogP contribution in [0.2, 0.25) is 0 Å². The van der Waals surface area contributed by atoms with Gasteiger partial charge in [-0.05, 0) is 41.3 Å². The Balaban J connectivity index is 1.76. The van der Waals surface area contributed by atoms with E-state index in [2.05, 4.69) is 16.4 Å². The summed E-state index contributed by atoms with van der Waals surface area (Å²) in [5.74, 6) is -0.129. The molecule has 1 amide bonds. The molecule has 4 heteroatoms. The van der Waals surface area contributed by atoms with E-state index in [4.69, 9.17) is 0 Å². The number of hydrogen-bond donors (Lipinski definition) is 1. The SMILES string of the molecule is O=C(Nc1cccnc1)c1ccc(-c2cccs2)cc1. The number of carbonyl (C=O) groups excluding carboxylic acids is 1. The Kier molecular flexibility index (Phi) is 3.56. The van der Waals surface area contributed by atoms with Crippen molar-refractivity contribution in [3.05, 3.63) is 71.9 Å². The molecule has 0 spiro atoms. The predicted octanol–water partition coefficient (Wildman–Crippen LogP) is 4.06. The van der Waals surface area contributed by atoms with Gasteiger partial charge in [-0.25, -0.2) is 0 Å². The monoisotopic (exact) mass is 280 g/mol. The second-order valence-electron chi connectivity index (χ2n) is 4.25. The lowest BCUT2D eigenvalue weighted by atomic mass is 10.1. The van der Waals surface area contributed by atoms with Crippen LogP contribution < -0.4 is 5.32 Å². The molecule has 2 aromatic heterocycles. The van der Waals surface area contributed by atoms with Crippen molar-refractivity contribution in [3.8, 4) is 10.4 Å². The van der Waals surface area contributed by atoms with Crippen molar-refractivity contribution < 1.29 is 4.79 Å². The zero-order valence-corrected chi connectivity index (χ0v) is 11.4. The van der Waals surface area contributed by atoms with Gasteiger partial charge in [0.05, 0.1) is 11.9 Å². The first-order valence-electron chi connectivity index (χ1n) is 6.18. The van der Waals surface area contributed by atoms with Crippen molar-refractivity contribution in [1.29, 1.82) is 0 Å². The summed E-state index contributed by atoms with van der Waals surface area (Å²) in [5, 5.41) is 4.85. The van der Waals surface area contributed by atoms with Crippen LogP contribution in [0.25, 0.3) is 10.4 Å². The van der Waals surface area contributed by atoms with Gasteiger partial charge in [-0.15, -0.1) is 11.3 Å². The number of amides is 1. The molecule has 0 aliphatic heterocycles. The van der Waals surface area contributed by atoms with Gasteiger partial charge in [0, 0.05) is 16.6 Å². The molecular formula is C16H12N2OS. The van der Waals surface area contributed by atoms with Crippen LogP contribution in [-0.4, -0.2) is 10.9 Å². The van der Waals surface area contributed by atoms with E-state index >= 15 is 0 Å². The van der Waals surface area contributed by atoms with Crippen LogP contribution in [0.5, 0.6) is 0 Å². The molecule has 0 bridgehead atoms. The van der Waals surface area contributed by atoms with E-state index < -0.39 is 0 Å². The molecule has 3 rings (SSSR count). The standard InChI is InChI=1S/C16H12N2OS/c19-16(18-14-3-1-9-17-11-14)13-7-5-12(6-8-13)15-4-2-10-20-15/h1-11H,(H,18,19). The smallest absolute Gasteiger partial charge is 0.255 e. The summed E-state index contributed by atoms with van der Waals surface area (Å²) >= 11 is 1.68. The summed E-state index contributed by atoms with van der Waals surface area (Å²) in [4.78, 5) is 17.2. The molecule has 3 nitrogen and oxygen atoms in total. The second-order valence-corrected chi connectivity index (χ2v) is 5.20. The number of benzene rings is 1. The molecule has 0 aliphatic rings. The fourth-order valence-electron chi connectivity index (χ4n) is 1.87. The molecule has 0 aliphatic carbocycles. The van der Waals surface area contributed by atoms with Crippen molar-refractivity contribution in [2.24, 2.45) is 0 Å². The van der Waals surface area contributed by atoms with E-state index in [1.165, 1.54) is 4.88 Å². The summed E-state index contributed by atoms with van der Waals surface area (Å²) in [7, 11) is 0. The molecule has 1 N–H and O–H groups in total. The van der Waals surface area contributed by atoms with Crippen LogP contribution in [0, 0.1) is 0 Å². The highest BCUT2D eigenvalue weighted by atomic mass is 32.1. The highest BCUT2D eigenvalue weighted by molar-refractivity contribution is 7.13. The third-order valence-corrected chi connectivity index (χ3v) is 3.79. The highest BCUT2D eigenvalue weighted by Gasteiger charge is 2.06. The Hall–Kier alpha value is -2.46. The molecule has 3 aromatic rings. The van der Waals surface area contributed by atoms with Crippen LogP contribution in [0.1, 0.15) is 10.4 Å². The molecule has 0 atom stereocenters. The van der Waals surface area contributed by atoms with Crippen molar-refractivity contribution >= 4 is 22.9 Å². The third-order valence-electron chi connectivity index (χ3n) is 2.87. The molecule has 1 aromatic carbocycles. The quantitative estimate of drug-likeness (QED) is 0.786. The van der Waals surface area contributed by atoms with E-state index in [0.717, 1.165) is 5.56 Å². The van der Waals surface area contributed by atoms with Crippen molar-refractivity contribution in [1.82, 2.24) is 4.98 Å². The van der Waals surface area contributed by atoms with Gasteiger partial charge in [0.2, 0.25) is 0 Å². The number of nitrogens with zero attached hydrogens (tertiary/aromatic N) is 1. The Labute approximate surface area is 120 Å². The third kappa shape index (κ3) is 2.75. The fourth-order valence-corrected chi connectivity index (χ4v) is 2.60. The minimum atomic E-state index is -0.129. The summed E-state index contributed by atoms with van der Waals surface area (Å²) in [6.07, 6.45) is 3.30. The lowest BCUT2D eigenvalue weighted by Gasteiger charge is -2.05. The van der Waals surface area contributed by atoms with Crippen LogP contribution in [0.3, 0.4) is 0 Å². The average Bonchev–Trinajstić information content (AvgIpc) is 3.03. The predicted molar refractivity (Wildman–Crippen MR) is 81.9 cm³/mol. The largest absolute Gasteiger partial charge is 0.321 e. The average molecular weight is 280 g/mol. The molecule has 0 fully saturated rings. The lowest BCUT2D eigenvalue weighted by molar-refractivity contribution is 0.102. The first-order valence-corrected chi connectivity index (χ1v) is 7.06. The van der Waals surface area contributed by atoms with E-state index in [0.29, 0.717) is 11.3 Å². The van der Waals surface area contributed by atoms with Gasteiger partial charge < -0.3 is 5.32 Å². The Morgan fingerprint density at radius 1 is 1.05 bits per heavy atom. The van der Waals surface area contributed by atoms with E-state index in [1.54, 1.807) is 29.8 Å². The summed E-state index contributed by atoms with van der Waals surface area (Å²) in [6, 6.07) is 15.3. The van der Waals surface area contributed by atoms with E-state index in [1.807, 2.05) is 41.8 Å². The summed E-state index contributed by atoms with van der Waals surface area (Å²) in [6.45, 7) is 0. The molecular weight excluding hydrogens is 268 g/mol. The molecule has 0 radical (unpaired) electrons. The summed E-state index contributed by atoms with van der Waals surface area (Å²) < 4.78 is 0. The van der Waals surface area contributed by atoms with E-state index in [-0.39, 0.29) is 5.91 Å². The maximum atomic E-state index is 12.1. The Bertz CT molecular complexity index is 691. The van der Waals surface area contributed by atoms with Crippen LogP contribution in [-0.2, 0) is 0 Å². The number of pyridine rings is 1. The maximum absolute atomic E-state index is 12.1. The molecule has 0 unspecified atom stereocenters. The molecule has 2 heterocycles. The molecule has 0 saturated carbocycles.